The first-order chi connectivity index (χ1) is 7.00. The van der Waals surface area contributed by atoms with Crippen LogP contribution in [0.3, 0.4) is 0 Å². The average molecular weight is 230 g/mol. The van der Waals surface area contributed by atoms with Gasteiger partial charge in [0.15, 0.2) is 5.13 Å². The number of hydrogen-bond donors (Lipinski definition) is 4. The van der Waals surface area contributed by atoms with E-state index in [9.17, 15) is 9.59 Å². The Hall–Kier alpha value is -1.67. The molecule has 1 aromatic heterocycles. The van der Waals surface area contributed by atoms with Crippen LogP contribution < -0.4 is 16.8 Å². The van der Waals surface area contributed by atoms with Crippen molar-refractivity contribution in [2.75, 3.05) is 11.9 Å². The molecule has 6 N–H and O–H groups in total. The quantitative estimate of drug-likeness (QED) is 0.519. The van der Waals surface area contributed by atoms with Crippen molar-refractivity contribution in [3.05, 3.63) is 11.1 Å². The van der Waals surface area contributed by atoms with E-state index in [4.69, 9.17) is 16.6 Å². The second-order valence-corrected chi connectivity index (χ2v) is 3.57. The summed E-state index contributed by atoms with van der Waals surface area (Å²) >= 11 is 1.16. The van der Waals surface area contributed by atoms with E-state index >= 15 is 0 Å². The van der Waals surface area contributed by atoms with Gasteiger partial charge in [0.05, 0.1) is 12.2 Å². The lowest BCUT2D eigenvalue weighted by atomic mass is 10.2. The molecule has 7 nitrogen and oxygen atoms in total. The van der Waals surface area contributed by atoms with Crippen molar-refractivity contribution in [2.45, 2.75) is 6.04 Å². The molecule has 1 amide bonds. The molecule has 0 bridgehead atoms. The number of amides is 1. The van der Waals surface area contributed by atoms with E-state index in [1.54, 1.807) is 0 Å². The smallest absolute Gasteiger partial charge is 0.326 e. The minimum atomic E-state index is -1.15. The summed E-state index contributed by atoms with van der Waals surface area (Å²) in [5, 5.41) is 13.2. The van der Waals surface area contributed by atoms with E-state index in [-0.39, 0.29) is 12.2 Å². The standard InChI is InChI=1S/C7H10N4O3S/c8-4(12)1-10-7-11-3(2-15-7)5(9)6(13)14/h2,5H,1,9H2,(H2,8,12)(H,10,11)(H,13,14). The molecule has 0 spiro atoms. The van der Waals surface area contributed by atoms with Gasteiger partial charge in [0.2, 0.25) is 5.91 Å². The van der Waals surface area contributed by atoms with E-state index < -0.39 is 17.9 Å². The summed E-state index contributed by atoms with van der Waals surface area (Å²) in [5.74, 6) is -1.67. The molecule has 0 aliphatic carbocycles. The molecule has 82 valence electrons. The Morgan fingerprint density at radius 2 is 2.33 bits per heavy atom. The van der Waals surface area contributed by atoms with Crippen molar-refractivity contribution in [3.63, 3.8) is 0 Å². The summed E-state index contributed by atoms with van der Waals surface area (Å²) in [6.07, 6.45) is 0. The highest BCUT2D eigenvalue weighted by Gasteiger charge is 2.17. The number of nitrogens with one attached hydrogen (secondary N) is 1. The van der Waals surface area contributed by atoms with E-state index in [0.717, 1.165) is 11.3 Å². The van der Waals surface area contributed by atoms with E-state index in [1.807, 2.05) is 0 Å². The monoisotopic (exact) mass is 230 g/mol. The van der Waals surface area contributed by atoms with Gasteiger partial charge in [0.25, 0.3) is 0 Å². The number of carboxylic acid groups (broad SMARTS) is 1. The second-order valence-electron chi connectivity index (χ2n) is 2.71. The van der Waals surface area contributed by atoms with Gasteiger partial charge < -0.3 is 21.9 Å². The van der Waals surface area contributed by atoms with Crippen LogP contribution in [-0.4, -0.2) is 28.5 Å². The fourth-order valence-electron chi connectivity index (χ4n) is 0.799. The fourth-order valence-corrected chi connectivity index (χ4v) is 1.54. The van der Waals surface area contributed by atoms with Gasteiger partial charge in [-0.15, -0.1) is 11.3 Å². The summed E-state index contributed by atoms with van der Waals surface area (Å²) in [6, 6.07) is -1.15. The second kappa shape index (κ2) is 4.71. The first kappa shape index (κ1) is 11.4. The average Bonchev–Trinajstić information content (AvgIpc) is 2.61. The molecule has 0 aliphatic rings. The van der Waals surface area contributed by atoms with Gasteiger partial charge in [-0.25, -0.2) is 4.98 Å². The number of aromatic nitrogens is 1. The molecule has 1 aromatic rings. The Kier molecular flexibility index (Phi) is 3.58. The Labute approximate surface area is 89.1 Å². The number of thiazole rings is 1. The van der Waals surface area contributed by atoms with Gasteiger partial charge in [-0.3, -0.25) is 9.59 Å². The molecule has 0 aromatic carbocycles. The molecule has 0 saturated carbocycles. The van der Waals surface area contributed by atoms with Gasteiger partial charge in [-0.2, -0.15) is 0 Å². The van der Waals surface area contributed by atoms with Crippen molar-refractivity contribution >= 4 is 28.3 Å². The summed E-state index contributed by atoms with van der Waals surface area (Å²) in [4.78, 5) is 24.9. The number of aliphatic carboxylic acids is 1. The maximum absolute atomic E-state index is 10.5. The van der Waals surface area contributed by atoms with Gasteiger partial charge >= 0.3 is 5.97 Å². The third-order valence-electron chi connectivity index (χ3n) is 1.52. The number of hydrogen-bond acceptors (Lipinski definition) is 6. The number of primary amides is 1. The first-order valence-electron chi connectivity index (χ1n) is 3.96. The molecule has 0 radical (unpaired) electrons. The molecule has 0 saturated heterocycles. The summed E-state index contributed by atoms with van der Waals surface area (Å²) in [7, 11) is 0. The van der Waals surface area contributed by atoms with Crippen LogP contribution in [0.15, 0.2) is 5.38 Å². The number of rotatable bonds is 5. The number of carboxylic acids is 1. The highest BCUT2D eigenvalue weighted by atomic mass is 32.1. The zero-order chi connectivity index (χ0) is 11.4. The van der Waals surface area contributed by atoms with Gasteiger partial charge in [0, 0.05) is 5.38 Å². The van der Waals surface area contributed by atoms with Crippen LogP contribution in [0.1, 0.15) is 11.7 Å². The lowest BCUT2D eigenvalue weighted by Gasteiger charge is -2.01. The van der Waals surface area contributed by atoms with Crippen LogP contribution in [0.4, 0.5) is 5.13 Å². The largest absolute Gasteiger partial charge is 0.480 e. The lowest BCUT2D eigenvalue weighted by Crippen LogP contribution is -2.22. The Morgan fingerprint density at radius 3 is 2.87 bits per heavy atom. The van der Waals surface area contributed by atoms with Crippen molar-refractivity contribution in [1.29, 1.82) is 0 Å². The predicted octanol–water partition coefficient (Wildman–Crippen LogP) is -0.875. The van der Waals surface area contributed by atoms with Crippen molar-refractivity contribution in [1.82, 2.24) is 4.98 Å². The summed E-state index contributed by atoms with van der Waals surface area (Å²) in [5.41, 5.74) is 10.5. The molecule has 15 heavy (non-hydrogen) atoms. The Balaban J connectivity index is 2.63. The van der Waals surface area contributed by atoms with Gasteiger partial charge in [-0.1, -0.05) is 0 Å². The van der Waals surface area contributed by atoms with Crippen LogP contribution >= 0.6 is 11.3 Å². The zero-order valence-electron chi connectivity index (χ0n) is 7.64. The number of nitrogens with zero attached hydrogens (tertiary/aromatic N) is 1. The van der Waals surface area contributed by atoms with Crippen LogP contribution in [0, 0.1) is 0 Å². The molecule has 0 aliphatic heterocycles. The Bertz CT molecular complexity index is 378. The molecular weight excluding hydrogens is 220 g/mol. The highest BCUT2D eigenvalue weighted by Crippen LogP contribution is 2.19. The third-order valence-corrected chi connectivity index (χ3v) is 2.34. The van der Waals surface area contributed by atoms with Crippen LogP contribution in [0.25, 0.3) is 0 Å². The number of carbonyl (C=O) groups is 2. The number of anilines is 1. The van der Waals surface area contributed by atoms with Crippen LogP contribution in [-0.2, 0) is 9.59 Å². The predicted molar refractivity (Wildman–Crippen MR) is 54.4 cm³/mol. The molecular formula is C7H10N4O3S. The van der Waals surface area contributed by atoms with Gasteiger partial charge in [0.1, 0.15) is 6.04 Å². The van der Waals surface area contributed by atoms with Crippen molar-refractivity contribution in [2.24, 2.45) is 11.5 Å². The zero-order valence-corrected chi connectivity index (χ0v) is 8.45. The SMILES string of the molecule is NC(=O)CNc1nc(C(N)C(=O)O)cs1. The number of carbonyl (C=O) groups excluding carboxylic acids is 1. The van der Waals surface area contributed by atoms with E-state index in [2.05, 4.69) is 10.3 Å². The minimum absolute atomic E-state index is 0.0464. The highest BCUT2D eigenvalue weighted by molar-refractivity contribution is 7.13. The fraction of sp³-hybridized carbons (Fsp3) is 0.286. The van der Waals surface area contributed by atoms with Crippen LogP contribution in [0.5, 0.6) is 0 Å². The molecule has 1 heterocycles. The number of nitrogens with two attached hydrogens (primary N) is 2. The van der Waals surface area contributed by atoms with Gasteiger partial charge in [-0.05, 0) is 0 Å². The molecule has 1 atom stereocenters. The lowest BCUT2D eigenvalue weighted by molar-refractivity contribution is -0.138. The molecule has 0 fully saturated rings. The topological polar surface area (TPSA) is 131 Å². The molecule has 1 rings (SSSR count). The summed E-state index contributed by atoms with van der Waals surface area (Å²) < 4.78 is 0. The van der Waals surface area contributed by atoms with Crippen LogP contribution in [0.2, 0.25) is 0 Å². The Morgan fingerprint density at radius 1 is 1.67 bits per heavy atom. The maximum atomic E-state index is 10.5. The van der Waals surface area contributed by atoms with E-state index in [0.29, 0.717) is 5.13 Å². The molecule has 1 unspecified atom stereocenters. The molecule has 8 heteroatoms. The summed E-state index contributed by atoms with van der Waals surface area (Å²) in [6.45, 7) is -0.0464. The van der Waals surface area contributed by atoms with E-state index in [1.165, 1.54) is 5.38 Å². The van der Waals surface area contributed by atoms with Crippen molar-refractivity contribution < 1.29 is 14.7 Å². The first-order valence-corrected chi connectivity index (χ1v) is 4.84. The third kappa shape index (κ3) is 3.18. The normalized spacial score (nSPS) is 12.1. The van der Waals surface area contributed by atoms with Crippen molar-refractivity contribution in [3.8, 4) is 0 Å². The minimum Gasteiger partial charge on any atom is -0.480 e. The maximum Gasteiger partial charge on any atom is 0.326 e.